The lowest BCUT2D eigenvalue weighted by Gasteiger charge is -2.34. The van der Waals surface area contributed by atoms with E-state index in [4.69, 9.17) is 4.42 Å². The van der Waals surface area contributed by atoms with E-state index in [2.05, 4.69) is 4.98 Å². The number of amides is 1. The van der Waals surface area contributed by atoms with Crippen LogP contribution in [0.15, 0.2) is 52.2 Å². The summed E-state index contributed by atoms with van der Waals surface area (Å²) in [6.45, 7) is 1.38. The van der Waals surface area contributed by atoms with Gasteiger partial charge in [0, 0.05) is 32.4 Å². The number of anilines is 1. The lowest BCUT2D eigenvalue weighted by molar-refractivity contribution is -0.385. The first kappa shape index (κ1) is 16.8. The number of hydrogen-bond donors (Lipinski definition) is 0. The number of nitro groups is 1. The molecule has 0 spiro atoms. The maximum atomic E-state index is 12.5. The molecule has 1 saturated heterocycles. The molecule has 0 bridgehead atoms. The first-order chi connectivity index (χ1) is 13.1. The van der Waals surface area contributed by atoms with Gasteiger partial charge in [0.1, 0.15) is 11.9 Å². The van der Waals surface area contributed by atoms with Crippen molar-refractivity contribution in [3.05, 3.63) is 69.0 Å². The van der Waals surface area contributed by atoms with Crippen LogP contribution in [-0.4, -0.2) is 51.3 Å². The van der Waals surface area contributed by atoms with Crippen molar-refractivity contribution in [1.82, 2.24) is 14.3 Å². The third kappa shape index (κ3) is 2.90. The molecule has 27 heavy (non-hydrogen) atoms. The van der Waals surface area contributed by atoms with Gasteiger partial charge in [0.15, 0.2) is 0 Å². The predicted octanol–water partition coefficient (Wildman–Crippen LogP) is 1.16. The molecule has 0 saturated carbocycles. The van der Waals surface area contributed by atoms with Gasteiger partial charge in [-0.1, -0.05) is 6.07 Å². The van der Waals surface area contributed by atoms with Crippen LogP contribution in [0.4, 0.5) is 11.5 Å². The van der Waals surface area contributed by atoms with E-state index < -0.39 is 16.2 Å². The van der Waals surface area contributed by atoms with Crippen LogP contribution in [0.5, 0.6) is 0 Å². The Morgan fingerprint density at radius 1 is 1.19 bits per heavy atom. The summed E-state index contributed by atoms with van der Waals surface area (Å²) in [6, 6.07) is 6.53. The molecule has 10 nitrogen and oxygen atoms in total. The highest BCUT2D eigenvalue weighted by atomic mass is 16.6. The van der Waals surface area contributed by atoms with E-state index in [9.17, 15) is 19.7 Å². The minimum absolute atomic E-state index is 0.0339. The second kappa shape index (κ2) is 6.56. The number of carbonyl (C=O) groups is 1. The molecule has 3 aromatic heterocycles. The molecular formula is C17H15N5O5. The molecule has 1 amide bonds. The molecule has 0 N–H and O–H groups in total. The van der Waals surface area contributed by atoms with Gasteiger partial charge in [-0.05, 0) is 18.2 Å². The summed E-state index contributed by atoms with van der Waals surface area (Å²) in [5.41, 5.74) is -0.498. The Morgan fingerprint density at radius 3 is 2.63 bits per heavy atom. The number of aromatic nitrogens is 2. The number of furan rings is 1. The Kier molecular flexibility index (Phi) is 4.07. The van der Waals surface area contributed by atoms with Crippen LogP contribution in [0.3, 0.4) is 0 Å². The molecular weight excluding hydrogens is 354 g/mol. The molecule has 4 rings (SSSR count). The van der Waals surface area contributed by atoms with E-state index in [1.165, 1.54) is 18.7 Å². The minimum atomic E-state index is -0.725. The fourth-order valence-corrected chi connectivity index (χ4v) is 3.14. The Hall–Kier alpha value is -3.69. The number of fused-ring (bicyclic) bond motifs is 1. The molecule has 1 aliphatic rings. The minimum Gasteiger partial charge on any atom is -0.472 e. The van der Waals surface area contributed by atoms with Crippen molar-refractivity contribution in [2.45, 2.75) is 0 Å². The van der Waals surface area contributed by atoms with E-state index in [-0.39, 0.29) is 11.7 Å². The highest BCUT2D eigenvalue weighted by Crippen LogP contribution is 2.24. The summed E-state index contributed by atoms with van der Waals surface area (Å²) < 4.78 is 6.09. The summed E-state index contributed by atoms with van der Waals surface area (Å²) in [7, 11) is 0. The van der Waals surface area contributed by atoms with Gasteiger partial charge in [-0.25, -0.2) is 4.98 Å². The molecule has 0 unspecified atom stereocenters. The van der Waals surface area contributed by atoms with E-state index in [1.807, 2.05) is 0 Å². The number of nitrogens with zero attached hydrogens (tertiary/aromatic N) is 5. The molecule has 10 heteroatoms. The third-order valence-electron chi connectivity index (χ3n) is 4.51. The Balaban J connectivity index is 1.64. The van der Waals surface area contributed by atoms with Gasteiger partial charge in [0.25, 0.3) is 5.91 Å². The van der Waals surface area contributed by atoms with Crippen molar-refractivity contribution >= 4 is 23.1 Å². The van der Waals surface area contributed by atoms with E-state index in [1.54, 1.807) is 34.1 Å². The van der Waals surface area contributed by atoms with Crippen molar-refractivity contribution < 1.29 is 14.1 Å². The number of piperazine rings is 1. The van der Waals surface area contributed by atoms with Crippen molar-refractivity contribution in [2.75, 3.05) is 31.1 Å². The van der Waals surface area contributed by atoms with Crippen LogP contribution in [0.25, 0.3) is 5.65 Å². The fraction of sp³-hybridized carbons (Fsp3) is 0.235. The molecule has 3 aromatic rings. The number of rotatable bonds is 3. The quantitative estimate of drug-likeness (QED) is 0.502. The zero-order valence-electron chi connectivity index (χ0n) is 14.1. The van der Waals surface area contributed by atoms with Crippen LogP contribution in [0.2, 0.25) is 0 Å². The molecule has 0 radical (unpaired) electrons. The summed E-state index contributed by atoms with van der Waals surface area (Å²) >= 11 is 0. The lowest BCUT2D eigenvalue weighted by Crippen LogP contribution is -2.49. The van der Waals surface area contributed by atoms with Gasteiger partial charge < -0.3 is 14.2 Å². The number of carbonyl (C=O) groups excluding carboxylic acids is 1. The Bertz CT molecular complexity index is 1070. The summed E-state index contributed by atoms with van der Waals surface area (Å²) in [5, 5.41) is 11.5. The lowest BCUT2D eigenvalue weighted by atomic mass is 10.2. The van der Waals surface area contributed by atoms with Crippen LogP contribution in [0, 0.1) is 10.1 Å². The van der Waals surface area contributed by atoms with Crippen molar-refractivity contribution in [3.63, 3.8) is 0 Å². The van der Waals surface area contributed by atoms with Crippen LogP contribution >= 0.6 is 0 Å². The average Bonchev–Trinajstić information content (AvgIpc) is 3.22. The molecule has 0 aromatic carbocycles. The van der Waals surface area contributed by atoms with Crippen molar-refractivity contribution in [1.29, 1.82) is 0 Å². The molecule has 138 valence electrons. The fourth-order valence-electron chi connectivity index (χ4n) is 3.14. The second-order valence-electron chi connectivity index (χ2n) is 6.07. The topological polar surface area (TPSA) is 114 Å². The molecule has 1 fully saturated rings. The normalized spacial score (nSPS) is 14.5. The SMILES string of the molecule is O=C(c1ccoc1)N1CCN(c2nc3ccccn3c(=O)c2[N+](=O)[O-])CC1. The Labute approximate surface area is 152 Å². The predicted molar refractivity (Wildman–Crippen MR) is 94.9 cm³/mol. The average molecular weight is 369 g/mol. The second-order valence-corrected chi connectivity index (χ2v) is 6.07. The maximum absolute atomic E-state index is 12.5. The third-order valence-corrected chi connectivity index (χ3v) is 4.51. The van der Waals surface area contributed by atoms with Gasteiger partial charge >= 0.3 is 11.2 Å². The molecule has 4 heterocycles. The summed E-state index contributed by atoms with van der Waals surface area (Å²) in [4.78, 5) is 43.4. The molecule has 0 aliphatic carbocycles. The van der Waals surface area contributed by atoms with Crippen LogP contribution in [-0.2, 0) is 0 Å². The first-order valence-corrected chi connectivity index (χ1v) is 8.28. The maximum Gasteiger partial charge on any atom is 0.376 e. The highest BCUT2D eigenvalue weighted by molar-refractivity contribution is 5.94. The van der Waals surface area contributed by atoms with Gasteiger partial charge in [0.2, 0.25) is 5.82 Å². The van der Waals surface area contributed by atoms with Crippen LogP contribution in [0.1, 0.15) is 10.4 Å². The van der Waals surface area contributed by atoms with E-state index in [0.717, 1.165) is 4.40 Å². The highest BCUT2D eigenvalue weighted by Gasteiger charge is 2.31. The standard InChI is InChI=1S/C17H15N5O5/c23-16(12-4-10-27-11-12)20-8-6-19(7-9-20)15-14(22(25)26)17(24)21-5-2-1-3-13(21)18-15/h1-5,10-11H,6-9H2. The monoisotopic (exact) mass is 369 g/mol. The van der Waals surface area contributed by atoms with Gasteiger partial charge in [-0.15, -0.1) is 0 Å². The first-order valence-electron chi connectivity index (χ1n) is 8.28. The van der Waals surface area contributed by atoms with Crippen molar-refractivity contribution in [2.24, 2.45) is 0 Å². The Morgan fingerprint density at radius 2 is 1.96 bits per heavy atom. The van der Waals surface area contributed by atoms with Crippen LogP contribution < -0.4 is 10.5 Å². The molecule has 0 atom stereocenters. The van der Waals surface area contributed by atoms with Gasteiger partial charge in [0.05, 0.1) is 16.7 Å². The van der Waals surface area contributed by atoms with Gasteiger partial charge in [-0.3, -0.25) is 24.1 Å². The summed E-state index contributed by atoms with van der Waals surface area (Å²) in [5.74, 6) is -0.129. The van der Waals surface area contributed by atoms with E-state index >= 15 is 0 Å². The van der Waals surface area contributed by atoms with Crippen molar-refractivity contribution in [3.8, 4) is 0 Å². The number of hydrogen-bond acceptors (Lipinski definition) is 7. The van der Waals surface area contributed by atoms with Gasteiger partial charge in [-0.2, -0.15) is 0 Å². The smallest absolute Gasteiger partial charge is 0.376 e. The zero-order valence-corrected chi connectivity index (χ0v) is 14.1. The molecule has 1 aliphatic heterocycles. The zero-order chi connectivity index (χ0) is 19.0. The van der Waals surface area contributed by atoms with E-state index in [0.29, 0.717) is 37.4 Å². The summed E-state index contributed by atoms with van der Waals surface area (Å²) in [6.07, 6.45) is 4.26. The largest absolute Gasteiger partial charge is 0.472 e. The number of pyridine rings is 1.